The number of sulfonamides is 1. The molecule has 0 amide bonds. The molecule has 0 aliphatic heterocycles. The molecule has 110 valence electrons. The highest BCUT2D eigenvalue weighted by atomic mass is 79.9. The molecule has 0 bridgehead atoms. The van der Waals surface area contributed by atoms with Crippen molar-refractivity contribution in [3.05, 3.63) is 62.5 Å². The molecule has 1 atom stereocenters. The van der Waals surface area contributed by atoms with E-state index in [0.717, 1.165) is 22.9 Å². The lowest BCUT2D eigenvalue weighted by Crippen LogP contribution is -2.27. The van der Waals surface area contributed by atoms with Gasteiger partial charge in [-0.3, -0.25) is 0 Å². The van der Waals surface area contributed by atoms with Crippen LogP contribution in [0.15, 0.2) is 56.3 Å². The van der Waals surface area contributed by atoms with Gasteiger partial charge in [0.25, 0.3) is 0 Å². The highest BCUT2D eigenvalue weighted by Gasteiger charge is 2.28. The quantitative estimate of drug-likeness (QED) is 0.793. The number of hydrogen-bond donors (Lipinski definition) is 1. The molecule has 3 nitrogen and oxygen atoms in total. The van der Waals surface area contributed by atoms with E-state index in [1.54, 1.807) is 18.2 Å². The van der Waals surface area contributed by atoms with Gasteiger partial charge in [-0.25, -0.2) is 13.1 Å². The smallest absolute Gasteiger partial charge is 0.207 e. The van der Waals surface area contributed by atoms with E-state index in [9.17, 15) is 8.42 Å². The Morgan fingerprint density at radius 1 is 1.10 bits per heavy atom. The third kappa shape index (κ3) is 3.08. The van der Waals surface area contributed by atoms with Crippen LogP contribution >= 0.6 is 31.9 Å². The average Bonchev–Trinajstić information content (AvgIpc) is 2.84. The molecule has 0 fully saturated rings. The zero-order chi connectivity index (χ0) is 15.0. The highest BCUT2D eigenvalue weighted by molar-refractivity contribution is 9.11. The summed E-state index contributed by atoms with van der Waals surface area (Å²) in [5, 5.41) is 0. The SMILES string of the molecule is O=S(=O)(NC1CCc2ccccc21)c1cc(Br)ccc1Br. The molecule has 0 aromatic heterocycles. The summed E-state index contributed by atoms with van der Waals surface area (Å²) in [7, 11) is -3.57. The molecule has 21 heavy (non-hydrogen) atoms. The number of rotatable bonds is 3. The number of aryl methyl sites for hydroxylation is 1. The number of halogens is 2. The predicted molar refractivity (Wildman–Crippen MR) is 89.7 cm³/mol. The fourth-order valence-corrected chi connectivity index (χ4v) is 5.37. The Labute approximate surface area is 141 Å². The van der Waals surface area contributed by atoms with E-state index in [1.807, 2.05) is 18.2 Å². The lowest BCUT2D eigenvalue weighted by atomic mass is 10.1. The van der Waals surface area contributed by atoms with Gasteiger partial charge in [-0.1, -0.05) is 40.2 Å². The van der Waals surface area contributed by atoms with Crippen LogP contribution in [0.5, 0.6) is 0 Å². The lowest BCUT2D eigenvalue weighted by Gasteiger charge is -2.15. The van der Waals surface area contributed by atoms with Gasteiger partial charge in [0, 0.05) is 15.0 Å². The van der Waals surface area contributed by atoms with Crippen LogP contribution < -0.4 is 4.72 Å². The summed E-state index contributed by atoms with van der Waals surface area (Å²) in [5.41, 5.74) is 2.30. The molecule has 1 unspecified atom stereocenters. The standard InChI is InChI=1S/C15H13Br2NO2S/c16-11-6-7-13(17)15(9-11)21(19,20)18-14-8-5-10-3-1-2-4-12(10)14/h1-4,6-7,9,14,18H,5,8H2. The van der Waals surface area contributed by atoms with Crippen LogP contribution in [-0.2, 0) is 16.4 Å². The minimum absolute atomic E-state index is 0.155. The summed E-state index contributed by atoms with van der Waals surface area (Å²) >= 11 is 6.62. The zero-order valence-corrected chi connectivity index (χ0v) is 15.0. The van der Waals surface area contributed by atoms with E-state index in [-0.39, 0.29) is 10.9 Å². The molecule has 2 aromatic carbocycles. The Hall–Kier alpha value is -0.690. The first-order chi connectivity index (χ1) is 9.97. The molecule has 2 aromatic rings. The Morgan fingerprint density at radius 2 is 1.86 bits per heavy atom. The molecule has 1 N–H and O–H groups in total. The predicted octanol–water partition coefficient (Wildman–Crippen LogP) is 4.18. The van der Waals surface area contributed by atoms with Crippen LogP contribution in [0.3, 0.4) is 0 Å². The highest BCUT2D eigenvalue weighted by Crippen LogP contribution is 2.33. The number of fused-ring (bicyclic) bond motifs is 1. The van der Waals surface area contributed by atoms with Crippen LogP contribution in [0.2, 0.25) is 0 Å². The Morgan fingerprint density at radius 3 is 2.67 bits per heavy atom. The van der Waals surface area contributed by atoms with Crippen molar-refractivity contribution in [3.8, 4) is 0 Å². The monoisotopic (exact) mass is 429 g/mol. The van der Waals surface area contributed by atoms with E-state index < -0.39 is 10.0 Å². The topological polar surface area (TPSA) is 46.2 Å². The zero-order valence-electron chi connectivity index (χ0n) is 11.0. The van der Waals surface area contributed by atoms with Gasteiger partial charge in [0.1, 0.15) is 0 Å². The maximum atomic E-state index is 12.6. The fourth-order valence-electron chi connectivity index (χ4n) is 2.61. The number of hydrogen-bond acceptors (Lipinski definition) is 2. The van der Waals surface area contributed by atoms with Crippen molar-refractivity contribution in [2.45, 2.75) is 23.8 Å². The minimum atomic E-state index is -3.57. The van der Waals surface area contributed by atoms with Gasteiger partial charge >= 0.3 is 0 Å². The minimum Gasteiger partial charge on any atom is -0.207 e. The van der Waals surface area contributed by atoms with Crippen molar-refractivity contribution in [1.82, 2.24) is 4.72 Å². The molecule has 0 radical (unpaired) electrons. The third-order valence-corrected chi connectivity index (χ3v) is 6.57. The second-order valence-electron chi connectivity index (χ2n) is 4.99. The van der Waals surface area contributed by atoms with Gasteiger partial charge in [-0.15, -0.1) is 0 Å². The molecule has 1 aliphatic carbocycles. The van der Waals surface area contributed by atoms with Gasteiger partial charge in [0.05, 0.1) is 4.90 Å². The number of benzene rings is 2. The maximum absolute atomic E-state index is 12.6. The van der Waals surface area contributed by atoms with E-state index in [2.05, 4.69) is 42.6 Å². The second-order valence-corrected chi connectivity index (χ2v) is 8.44. The third-order valence-electron chi connectivity index (χ3n) is 3.61. The largest absolute Gasteiger partial charge is 0.242 e. The normalized spacial score (nSPS) is 17.7. The molecule has 0 spiro atoms. The van der Waals surface area contributed by atoms with Crippen LogP contribution in [-0.4, -0.2) is 8.42 Å². The molecule has 0 saturated carbocycles. The molecule has 3 rings (SSSR count). The van der Waals surface area contributed by atoms with Crippen LogP contribution in [0, 0.1) is 0 Å². The van der Waals surface area contributed by atoms with E-state index in [0.29, 0.717) is 4.47 Å². The summed E-state index contributed by atoms with van der Waals surface area (Å²) in [5.74, 6) is 0. The van der Waals surface area contributed by atoms with Gasteiger partial charge in [0.15, 0.2) is 0 Å². The van der Waals surface area contributed by atoms with Crippen LogP contribution in [0.4, 0.5) is 0 Å². The van der Waals surface area contributed by atoms with Crippen molar-refractivity contribution < 1.29 is 8.42 Å². The summed E-state index contributed by atoms with van der Waals surface area (Å²) in [6.07, 6.45) is 1.70. The van der Waals surface area contributed by atoms with Crippen LogP contribution in [0.25, 0.3) is 0 Å². The van der Waals surface area contributed by atoms with Gasteiger partial charge in [0.2, 0.25) is 10.0 Å². The Balaban J connectivity index is 1.93. The molecule has 0 saturated heterocycles. The maximum Gasteiger partial charge on any atom is 0.242 e. The first kappa shape index (κ1) is 15.2. The summed E-state index contributed by atoms with van der Waals surface area (Å²) in [6.45, 7) is 0. The number of nitrogens with one attached hydrogen (secondary N) is 1. The molecule has 1 aliphatic rings. The van der Waals surface area contributed by atoms with Crippen molar-refractivity contribution in [1.29, 1.82) is 0 Å². The first-order valence-electron chi connectivity index (χ1n) is 6.52. The molecule has 6 heteroatoms. The average molecular weight is 431 g/mol. The fraction of sp³-hybridized carbons (Fsp3) is 0.200. The van der Waals surface area contributed by atoms with Crippen molar-refractivity contribution in [2.24, 2.45) is 0 Å². The molecular weight excluding hydrogens is 418 g/mol. The summed E-state index contributed by atoms with van der Waals surface area (Å²) in [4.78, 5) is 0.251. The van der Waals surface area contributed by atoms with Gasteiger partial charge in [-0.2, -0.15) is 0 Å². The van der Waals surface area contributed by atoms with E-state index >= 15 is 0 Å². The van der Waals surface area contributed by atoms with Crippen molar-refractivity contribution in [3.63, 3.8) is 0 Å². The van der Waals surface area contributed by atoms with Crippen LogP contribution in [0.1, 0.15) is 23.6 Å². The summed E-state index contributed by atoms with van der Waals surface area (Å²) < 4.78 is 29.3. The second kappa shape index (κ2) is 5.83. The van der Waals surface area contributed by atoms with E-state index in [1.165, 1.54) is 5.56 Å². The van der Waals surface area contributed by atoms with Crippen molar-refractivity contribution in [2.75, 3.05) is 0 Å². The summed E-state index contributed by atoms with van der Waals surface area (Å²) in [6, 6.07) is 12.9. The first-order valence-corrected chi connectivity index (χ1v) is 9.59. The lowest BCUT2D eigenvalue weighted by molar-refractivity contribution is 0.554. The molecular formula is C15H13Br2NO2S. The van der Waals surface area contributed by atoms with Gasteiger partial charge in [-0.05, 0) is 58.1 Å². The Kier molecular flexibility index (Phi) is 4.23. The molecule has 0 heterocycles. The van der Waals surface area contributed by atoms with Crippen molar-refractivity contribution >= 4 is 41.9 Å². The van der Waals surface area contributed by atoms with E-state index in [4.69, 9.17) is 0 Å². The Bertz CT molecular complexity index is 790. The van der Waals surface area contributed by atoms with Gasteiger partial charge < -0.3 is 0 Å².